The number of benzene rings is 1. The Balaban J connectivity index is 2.22. The highest BCUT2D eigenvalue weighted by atomic mass is 32.2. The molecule has 2 rings (SSSR count). The third kappa shape index (κ3) is 4.38. The summed E-state index contributed by atoms with van der Waals surface area (Å²) in [5.74, 6) is 0.645. The highest BCUT2D eigenvalue weighted by molar-refractivity contribution is 7.90. The standard InChI is InChI=1S/C15H22N4O2S/c1-15(2,3)19-8-7-16-14-12-9-11(22(4,20)21)5-6-13(12)17-10-18-14/h5-6,9-10,19H,7-8H2,1-4H3,(H,16,17,18). The van der Waals surface area contributed by atoms with Gasteiger partial charge in [-0.2, -0.15) is 0 Å². The van der Waals surface area contributed by atoms with E-state index in [4.69, 9.17) is 0 Å². The highest BCUT2D eigenvalue weighted by Gasteiger charge is 2.11. The fraction of sp³-hybridized carbons (Fsp3) is 0.467. The van der Waals surface area contributed by atoms with Gasteiger partial charge < -0.3 is 10.6 Å². The smallest absolute Gasteiger partial charge is 0.175 e. The van der Waals surface area contributed by atoms with E-state index in [2.05, 4.69) is 41.4 Å². The van der Waals surface area contributed by atoms with E-state index >= 15 is 0 Å². The molecular weight excluding hydrogens is 300 g/mol. The van der Waals surface area contributed by atoms with Crippen LogP contribution in [0.1, 0.15) is 20.8 Å². The van der Waals surface area contributed by atoms with Crippen molar-refractivity contribution in [2.24, 2.45) is 0 Å². The van der Waals surface area contributed by atoms with E-state index in [1.807, 2.05) is 0 Å². The number of aromatic nitrogens is 2. The molecule has 0 amide bonds. The van der Waals surface area contributed by atoms with Gasteiger partial charge in [0.15, 0.2) is 9.84 Å². The average molecular weight is 322 g/mol. The maximum atomic E-state index is 11.7. The molecule has 120 valence electrons. The van der Waals surface area contributed by atoms with Gasteiger partial charge in [0.2, 0.25) is 0 Å². The van der Waals surface area contributed by atoms with Crippen molar-refractivity contribution in [3.63, 3.8) is 0 Å². The summed E-state index contributed by atoms with van der Waals surface area (Å²) in [6.45, 7) is 7.77. The molecule has 0 atom stereocenters. The molecule has 6 nitrogen and oxygen atoms in total. The summed E-state index contributed by atoms with van der Waals surface area (Å²) in [4.78, 5) is 8.66. The van der Waals surface area contributed by atoms with Gasteiger partial charge in [-0.05, 0) is 39.0 Å². The Morgan fingerprint density at radius 1 is 1.14 bits per heavy atom. The molecule has 0 fully saturated rings. The number of anilines is 1. The Morgan fingerprint density at radius 3 is 2.50 bits per heavy atom. The quantitative estimate of drug-likeness (QED) is 0.817. The number of sulfone groups is 1. The van der Waals surface area contributed by atoms with Crippen LogP contribution in [0.4, 0.5) is 5.82 Å². The van der Waals surface area contributed by atoms with Gasteiger partial charge in [-0.25, -0.2) is 18.4 Å². The molecule has 0 saturated carbocycles. The number of fused-ring (bicyclic) bond motifs is 1. The molecule has 0 saturated heterocycles. The molecule has 1 aromatic carbocycles. The second kappa shape index (κ2) is 6.18. The van der Waals surface area contributed by atoms with E-state index in [0.717, 1.165) is 6.54 Å². The lowest BCUT2D eigenvalue weighted by molar-refractivity contribution is 0.435. The maximum absolute atomic E-state index is 11.7. The Bertz CT molecular complexity index is 767. The number of rotatable bonds is 5. The minimum absolute atomic E-state index is 0.0544. The van der Waals surface area contributed by atoms with Crippen LogP contribution in [0.15, 0.2) is 29.4 Å². The van der Waals surface area contributed by atoms with Crippen LogP contribution < -0.4 is 10.6 Å². The first-order chi connectivity index (χ1) is 10.2. The summed E-state index contributed by atoms with van der Waals surface area (Å²) in [6.07, 6.45) is 2.67. The van der Waals surface area contributed by atoms with Gasteiger partial charge in [-0.3, -0.25) is 0 Å². The molecule has 0 unspecified atom stereocenters. The van der Waals surface area contributed by atoms with E-state index in [1.165, 1.54) is 12.6 Å². The van der Waals surface area contributed by atoms with E-state index in [-0.39, 0.29) is 10.4 Å². The van der Waals surface area contributed by atoms with Crippen molar-refractivity contribution < 1.29 is 8.42 Å². The van der Waals surface area contributed by atoms with Crippen molar-refractivity contribution in [3.8, 4) is 0 Å². The van der Waals surface area contributed by atoms with Gasteiger partial charge in [-0.15, -0.1) is 0 Å². The van der Waals surface area contributed by atoms with Crippen LogP contribution in [0.2, 0.25) is 0 Å². The van der Waals surface area contributed by atoms with Crippen molar-refractivity contribution in [1.82, 2.24) is 15.3 Å². The summed E-state index contributed by atoms with van der Waals surface area (Å²) in [7, 11) is -3.25. The molecule has 7 heteroatoms. The van der Waals surface area contributed by atoms with Crippen LogP contribution in [0.5, 0.6) is 0 Å². The van der Waals surface area contributed by atoms with Gasteiger partial charge in [0.1, 0.15) is 12.1 Å². The van der Waals surface area contributed by atoms with Crippen LogP contribution >= 0.6 is 0 Å². The molecule has 0 spiro atoms. The van der Waals surface area contributed by atoms with Crippen molar-refractivity contribution in [2.45, 2.75) is 31.2 Å². The van der Waals surface area contributed by atoms with Gasteiger partial charge in [0.05, 0.1) is 10.4 Å². The first-order valence-electron chi connectivity index (χ1n) is 7.10. The predicted molar refractivity (Wildman–Crippen MR) is 88.9 cm³/mol. The molecule has 0 aliphatic heterocycles. The summed E-state index contributed by atoms with van der Waals surface area (Å²) >= 11 is 0. The molecule has 1 aromatic heterocycles. The molecule has 0 radical (unpaired) electrons. The van der Waals surface area contributed by atoms with Crippen molar-refractivity contribution in [1.29, 1.82) is 0 Å². The van der Waals surface area contributed by atoms with Crippen LogP contribution in [-0.2, 0) is 9.84 Å². The third-order valence-electron chi connectivity index (χ3n) is 3.11. The molecule has 2 aromatic rings. The zero-order valence-electron chi connectivity index (χ0n) is 13.3. The molecule has 2 N–H and O–H groups in total. The van der Waals surface area contributed by atoms with E-state index < -0.39 is 9.84 Å². The highest BCUT2D eigenvalue weighted by Crippen LogP contribution is 2.22. The van der Waals surface area contributed by atoms with Gasteiger partial charge in [-0.1, -0.05) is 0 Å². The van der Waals surface area contributed by atoms with Crippen LogP contribution in [0, 0.1) is 0 Å². The van der Waals surface area contributed by atoms with Gasteiger partial charge in [0.25, 0.3) is 0 Å². The first kappa shape index (κ1) is 16.6. The molecule has 0 aliphatic carbocycles. The zero-order chi connectivity index (χ0) is 16.4. The topological polar surface area (TPSA) is 84.0 Å². The summed E-state index contributed by atoms with van der Waals surface area (Å²) in [5.41, 5.74) is 0.771. The maximum Gasteiger partial charge on any atom is 0.175 e. The van der Waals surface area contributed by atoms with Gasteiger partial charge in [0, 0.05) is 30.3 Å². The number of nitrogens with one attached hydrogen (secondary N) is 2. The molecular formula is C15H22N4O2S. The van der Waals surface area contributed by atoms with Crippen molar-refractivity contribution in [3.05, 3.63) is 24.5 Å². The SMILES string of the molecule is CC(C)(C)NCCNc1ncnc2ccc(S(C)(=O)=O)cc12. The minimum Gasteiger partial charge on any atom is -0.368 e. The monoisotopic (exact) mass is 322 g/mol. The van der Waals surface area contributed by atoms with Crippen LogP contribution in [-0.4, -0.2) is 43.3 Å². The largest absolute Gasteiger partial charge is 0.368 e. The normalized spacial score (nSPS) is 12.5. The summed E-state index contributed by atoms with van der Waals surface area (Å²) in [5, 5.41) is 7.31. The Kier molecular flexibility index (Phi) is 4.67. The minimum atomic E-state index is -3.25. The fourth-order valence-corrected chi connectivity index (χ4v) is 2.67. The second-order valence-electron chi connectivity index (χ2n) is 6.28. The van der Waals surface area contributed by atoms with E-state index in [1.54, 1.807) is 18.2 Å². The van der Waals surface area contributed by atoms with Gasteiger partial charge >= 0.3 is 0 Å². The number of hydrogen-bond acceptors (Lipinski definition) is 6. The Labute approximate surface area is 131 Å². The fourth-order valence-electron chi connectivity index (χ4n) is 2.03. The lowest BCUT2D eigenvalue weighted by atomic mass is 10.1. The zero-order valence-corrected chi connectivity index (χ0v) is 14.2. The predicted octanol–water partition coefficient (Wildman–Crippen LogP) is 1.83. The molecule has 1 heterocycles. The summed E-state index contributed by atoms with van der Waals surface area (Å²) in [6, 6.07) is 4.88. The van der Waals surface area contributed by atoms with Crippen molar-refractivity contribution in [2.75, 3.05) is 24.7 Å². The third-order valence-corrected chi connectivity index (χ3v) is 4.22. The number of nitrogens with zero attached hydrogens (tertiary/aromatic N) is 2. The first-order valence-corrected chi connectivity index (χ1v) is 9.00. The molecule has 0 bridgehead atoms. The Hall–Kier alpha value is -1.73. The summed E-state index contributed by atoms with van der Waals surface area (Å²) < 4.78 is 23.4. The van der Waals surface area contributed by atoms with E-state index in [9.17, 15) is 8.42 Å². The number of hydrogen-bond donors (Lipinski definition) is 2. The average Bonchev–Trinajstić information content (AvgIpc) is 2.41. The van der Waals surface area contributed by atoms with Crippen LogP contribution in [0.25, 0.3) is 10.9 Å². The lowest BCUT2D eigenvalue weighted by Crippen LogP contribution is -2.38. The van der Waals surface area contributed by atoms with Crippen molar-refractivity contribution >= 4 is 26.6 Å². The lowest BCUT2D eigenvalue weighted by Gasteiger charge is -2.20. The Morgan fingerprint density at radius 2 is 1.86 bits per heavy atom. The molecule has 22 heavy (non-hydrogen) atoms. The molecule has 0 aliphatic rings. The van der Waals surface area contributed by atoms with Crippen LogP contribution in [0.3, 0.4) is 0 Å². The second-order valence-corrected chi connectivity index (χ2v) is 8.29. The van der Waals surface area contributed by atoms with E-state index in [0.29, 0.717) is 23.3 Å².